The number of amides is 1. The Balaban J connectivity index is 1.96. The minimum atomic E-state index is -0.527. The first-order valence-corrected chi connectivity index (χ1v) is 8.11. The highest BCUT2D eigenvalue weighted by Gasteiger charge is 2.12. The quantitative estimate of drug-likeness (QED) is 0.804. The number of hydrogen-bond donors (Lipinski definition) is 1. The summed E-state index contributed by atoms with van der Waals surface area (Å²) in [6.45, 7) is 4.15. The molecule has 2 rings (SSSR count). The number of nitrogens with zero attached hydrogens (tertiary/aromatic N) is 1. The van der Waals surface area contributed by atoms with Crippen molar-refractivity contribution in [3.8, 4) is 5.75 Å². The lowest BCUT2D eigenvalue weighted by atomic mass is 10.2. The highest BCUT2D eigenvalue weighted by atomic mass is 32.1. The fraction of sp³-hybridized carbons (Fsp3) is 0.312. The van der Waals surface area contributed by atoms with Crippen LogP contribution in [0.25, 0.3) is 0 Å². The molecular weight excluding hydrogens is 332 g/mol. The summed E-state index contributed by atoms with van der Waals surface area (Å²) < 4.78 is 15.1. The summed E-state index contributed by atoms with van der Waals surface area (Å²) in [6, 6.07) is 5.26. The molecule has 1 N–H and O–H groups in total. The number of ether oxygens (including phenoxy) is 3. The van der Waals surface area contributed by atoms with Gasteiger partial charge in [-0.3, -0.25) is 5.32 Å². The number of carbonyl (C=O) groups is 2. The van der Waals surface area contributed by atoms with Gasteiger partial charge in [0.1, 0.15) is 17.4 Å². The van der Waals surface area contributed by atoms with E-state index < -0.39 is 12.1 Å². The van der Waals surface area contributed by atoms with E-state index in [1.807, 2.05) is 6.92 Å². The third-order valence-corrected chi connectivity index (χ3v) is 3.84. The van der Waals surface area contributed by atoms with Gasteiger partial charge in [0.2, 0.25) is 0 Å². The Bertz CT molecular complexity index is 729. The van der Waals surface area contributed by atoms with Crippen molar-refractivity contribution in [3.05, 3.63) is 39.8 Å². The summed E-state index contributed by atoms with van der Waals surface area (Å²) in [7, 11) is 1.31. The van der Waals surface area contributed by atoms with Crippen molar-refractivity contribution in [2.75, 3.05) is 19.0 Å². The topological polar surface area (TPSA) is 86.8 Å². The summed E-state index contributed by atoms with van der Waals surface area (Å²) in [5.74, 6) is 0.199. The number of benzene rings is 1. The Hall–Kier alpha value is -2.61. The van der Waals surface area contributed by atoms with Crippen molar-refractivity contribution >= 4 is 29.1 Å². The standard InChI is InChI=1S/C16H18N2O5S/c1-4-22-15(19)13-9-24-14(17-13)8-23-11-5-6-12(10(2)7-11)18-16(20)21-3/h5-7,9H,4,8H2,1-3H3,(H,18,20). The molecule has 0 saturated carbocycles. The fourth-order valence-electron chi connectivity index (χ4n) is 1.85. The van der Waals surface area contributed by atoms with Crippen LogP contribution in [0.3, 0.4) is 0 Å². The zero-order chi connectivity index (χ0) is 17.5. The number of rotatable bonds is 6. The Morgan fingerprint density at radius 1 is 1.33 bits per heavy atom. The Labute approximate surface area is 143 Å². The molecule has 0 unspecified atom stereocenters. The lowest BCUT2D eigenvalue weighted by Crippen LogP contribution is -2.11. The molecule has 24 heavy (non-hydrogen) atoms. The Kier molecular flexibility index (Phi) is 6.14. The molecular formula is C16H18N2O5S. The zero-order valence-electron chi connectivity index (χ0n) is 13.6. The van der Waals surface area contributed by atoms with Crippen LogP contribution in [-0.2, 0) is 16.1 Å². The van der Waals surface area contributed by atoms with E-state index in [0.717, 1.165) is 5.56 Å². The van der Waals surface area contributed by atoms with Gasteiger partial charge in [-0.05, 0) is 37.6 Å². The van der Waals surface area contributed by atoms with Crippen molar-refractivity contribution in [1.29, 1.82) is 0 Å². The molecule has 1 aromatic carbocycles. The molecule has 0 aliphatic rings. The molecule has 8 heteroatoms. The monoisotopic (exact) mass is 350 g/mol. The summed E-state index contributed by atoms with van der Waals surface area (Å²) in [5.41, 5.74) is 1.77. The van der Waals surface area contributed by atoms with E-state index in [4.69, 9.17) is 9.47 Å². The summed E-state index contributed by atoms with van der Waals surface area (Å²) in [5, 5.41) is 4.93. The minimum Gasteiger partial charge on any atom is -0.486 e. The average Bonchev–Trinajstić information content (AvgIpc) is 3.04. The molecule has 1 heterocycles. The highest BCUT2D eigenvalue weighted by molar-refractivity contribution is 7.09. The van der Waals surface area contributed by atoms with Gasteiger partial charge in [0, 0.05) is 11.1 Å². The number of methoxy groups -OCH3 is 1. The molecule has 7 nitrogen and oxygen atoms in total. The van der Waals surface area contributed by atoms with Crippen LogP contribution in [0, 0.1) is 6.92 Å². The van der Waals surface area contributed by atoms with Gasteiger partial charge in [-0.1, -0.05) is 0 Å². The summed E-state index contributed by atoms with van der Waals surface area (Å²) in [6.07, 6.45) is -0.527. The van der Waals surface area contributed by atoms with Crippen LogP contribution < -0.4 is 10.1 Å². The number of aryl methyl sites for hydroxylation is 1. The highest BCUT2D eigenvalue weighted by Crippen LogP contribution is 2.23. The predicted molar refractivity (Wildman–Crippen MR) is 89.6 cm³/mol. The zero-order valence-corrected chi connectivity index (χ0v) is 14.4. The molecule has 0 aliphatic heterocycles. The lowest BCUT2D eigenvalue weighted by Gasteiger charge is -2.10. The van der Waals surface area contributed by atoms with Gasteiger partial charge in [0.25, 0.3) is 0 Å². The maximum Gasteiger partial charge on any atom is 0.411 e. The molecule has 0 spiro atoms. The van der Waals surface area contributed by atoms with Crippen LogP contribution in [0.2, 0.25) is 0 Å². The molecule has 2 aromatic rings. The Morgan fingerprint density at radius 2 is 2.12 bits per heavy atom. The molecule has 0 radical (unpaired) electrons. The van der Waals surface area contributed by atoms with Crippen LogP contribution in [-0.4, -0.2) is 30.8 Å². The molecule has 1 amide bonds. The van der Waals surface area contributed by atoms with Gasteiger partial charge in [-0.25, -0.2) is 14.6 Å². The predicted octanol–water partition coefficient (Wildman–Crippen LogP) is 3.39. The van der Waals surface area contributed by atoms with Crippen LogP contribution in [0.15, 0.2) is 23.6 Å². The first kappa shape index (κ1) is 17.7. The number of hydrogen-bond acceptors (Lipinski definition) is 7. The second-order valence-corrected chi connectivity index (χ2v) is 5.67. The second kappa shape index (κ2) is 8.30. The number of aromatic nitrogens is 1. The molecule has 0 fully saturated rings. The van der Waals surface area contributed by atoms with Crippen molar-refractivity contribution in [1.82, 2.24) is 4.98 Å². The van der Waals surface area contributed by atoms with Crippen LogP contribution in [0.5, 0.6) is 5.75 Å². The van der Waals surface area contributed by atoms with Gasteiger partial charge in [-0.2, -0.15) is 0 Å². The van der Waals surface area contributed by atoms with E-state index in [0.29, 0.717) is 23.1 Å². The molecule has 0 atom stereocenters. The normalized spacial score (nSPS) is 10.1. The lowest BCUT2D eigenvalue weighted by molar-refractivity contribution is 0.0520. The van der Waals surface area contributed by atoms with Gasteiger partial charge in [0.15, 0.2) is 5.69 Å². The Morgan fingerprint density at radius 3 is 2.79 bits per heavy atom. The van der Waals surface area contributed by atoms with Gasteiger partial charge in [0.05, 0.1) is 13.7 Å². The van der Waals surface area contributed by atoms with Crippen molar-refractivity contribution in [2.24, 2.45) is 0 Å². The molecule has 128 valence electrons. The van der Waals surface area contributed by atoms with E-state index >= 15 is 0 Å². The number of anilines is 1. The maximum atomic E-state index is 11.6. The number of carbonyl (C=O) groups excluding carboxylic acids is 2. The van der Waals surface area contributed by atoms with E-state index in [1.165, 1.54) is 18.4 Å². The van der Waals surface area contributed by atoms with Crippen LogP contribution in [0.4, 0.5) is 10.5 Å². The molecule has 0 saturated heterocycles. The maximum absolute atomic E-state index is 11.6. The molecule has 0 bridgehead atoms. The average molecular weight is 350 g/mol. The van der Waals surface area contributed by atoms with Crippen molar-refractivity contribution in [2.45, 2.75) is 20.5 Å². The van der Waals surface area contributed by atoms with Gasteiger partial charge in [-0.15, -0.1) is 11.3 Å². The first-order valence-electron chi connectivity index (χ1n) is 7.23. The molecule has 1 aromatic heterocycles. The van der Waals surface area contributed by atoms with Gasteiger partial charge >= 0.3 is 12.1 Å². The third-order valence-electron chi connectivity index (χ3n) is 3.02. The summed E-state index contributed by atoms with van der Waals surface area (Å²) >= 11 is 1.33. The van der Waals surface area contributed by atoms with E-state index in [1.54, 1.807) is 30.5 Å². The largest absolute Gasteiger partial charge is 0.486 e. The fourth-order valence-corrected chi connectivity index (χ4v) is 2.52. The van der Waals surface area contributed by atoms with Crippen LogP contribution in [0.1, 0.15) is 28.0 Å². The summed E-state index contributed by atoms with van der Waals surface area (Å²) in [4.78, 5) is 27.0. The molecule has 0 aliphatic carbocycles. The van der Waals surface area contributed by atoms with Crippen molar-refractivity contribution < 1.29 is 23.8 Å². The minimum absolute atomic E-state index is 0.243. The van der Waals surface area contributed by atoms with E-state index in [-0.39, 0.29) is 12.3 Å². The SMILES string of the molecule is CCOC(=O)c1csc(COc2ccc(NC(=O)OC)c(C)c2)n1. The van der Waals surface area contributed by atoms with Crippen LogP contribution >= 0.6 is 11.3 Å². The second-order valence-electron chi connectivity index (χ2n) is 4.73. The van der Waals surface area contributed by atoms with Crippen molar-refractivity contribution in [3.63, 3.8) is 0 Å². The van der Waals surface area contributed by atoms with Gasteiger partial charge < -0.3 is 14.2 Å². The number of esters is 1. The van der Waals surface area contributed by atoms with E-state index in [9.17, 15) is 9.59 Å². The number of nitrogens with one attached hydrogen (secondary N) is 1. The third kappa shape index (κ3) is 4.69. The first-order chi connectivity index (χ1) is 11.5. The smallest absolute Gasteiger partial charge is 0.411 e. The number of thiazole rings is 1. The van der Waals surface area contributed by atoms with E-state index in [2.05, 4.69) is 15.0 Å².